The monoisotopic (exact) mass is 535 g/mol. The molecule has 4 atom stereocenters. The van der Waals surface area contributed by atoms with Crippen LogP contribution in [0.15, 0.2) is 48.5 Å². The number of nitrogens with one attached hydrogen (secondary N) is 2. The van der Waals surface area contributed by atoms with Crippen LogP contribution >= 0.6 is 0 Å². The minimum Gasteiger partial charge on any atom is -0.433 e. The SMILES string of the molecule is Cc1ccc(C)c(C(=O)N[C@@H](C)C(=O)N2CC(C)(C)C[C@H]2C(=O)N[C@H]2CC(=O)OC2OCc2ccccc2)c1. The zero-order valence-corrected chi connectivity index (χ0v) is 23.2. The van der Waals surface area contributed by atoms with Gasteiger partial charge in [-0.2, -0.15) is 0 Å². The molecule has 2 heterocycles. The minimum atomic E-state index is -0.920. The molecule has 0 saturated carbocycles. The average Bonchev–Trinajstić information content (AvgIpc) is 3.41. The summed E-state index contributed by atoms with van der Waals surface area (Å²) in [5.41, 5.74) is 2.88. The quantitative estimate of drug-likeness (QED) is 0.503. The van der Waals surface area contributed by atoms with Crippen LogP contribution in [-0.4, -0.2) is 59.6 Å². The summed E-state index contributed by atoms with van der Waals surface area (Å²) < 4.78 is 11.1. The highest BCUT2D eigenvalue weighted by Gasteiger charge is 2.46. The van der Waals surface area contributed by atoms with E-state index in [0.717, 1.165) is 16.7 Å². The number of hydrogen-bond acceptors (Lipinski definition) is 6. The molecule has 2 N–H and O–H groups in total. The number of ether oxygens (including phenoxy) is 2. The van der Waals surface area contributed by atoms with Crippen molar-refractivity contribution in [2.45, 2.75) is 78.5 Å². The second-order valence-corrected chi connectivity index (χ2v) is 11.3. The van der Waals surface area contributed by atoms with Gasteiger partial charge < -0.3 is 25.0 Å². The van der Waals surface area contributed by atoms with Gasteiger partial charge in [-0.15, -0.1) is 0 Å². The van der Waals surface area contributed by atoms with Gasteiger partial charge in [0.25, 0.3) is 5.91 Å². The molecule has 0 aliphatic carbocycles. The Bertz CT molecular complexity index is 1240. The van der Waals surface area contributed by atoms with Crippen molar-refractivity contribution in [1.29, 1.82) is 0 Å². The number of esters is 1. The average molecular weight is 536 g/mol. The molecule has 4 rings (SSSR count). The number of rotatable bonds is 8. The number of hydrogen-bond donors (Lipinski definition) is 2. The molecule has 2 aliphatic rings. The number of carbonyl (C=O) groups is 4. The summed E-state index contributed by atoms with van der Waals surface area (Å²) in [6.07, 6.45) is -0.493. The van der Waals surface area contributed by atoms with E-state index in [4.69, 9.17) is 9.47 Å². The molecule has 2 saturated heterocycles. The lowest BCUT2D eigenvalue weighted by atomic mass is 9.90. The van der Waals surface area contributed by atoms with E-state index in [1.165, 1.54) is 4.90 Å². The van der Waals surface area contributed by atoms with E-state index < -0.39 is 30.4 Å². The Morgan fingerprint density at radius 3 is 2.56 bits per heavy atom. The number of carbonyl (C=O) groups excluding carboxylic acids is 4. The van der Waals surface area contributed by atoms with E-state index >= 15 is 0 Å². The van der Waals surface area contributed by atoms with Gasteiger partial charge in [-0.3, -0.25) is 19.2 Å². The van der Waals surface area contributed by atoms with E-state index in [1.54, 1.807) is 13.0 Å². The number of benzene rings is 2. The van der Waals surface area contributed by atoms with Crippen molar-refractivity contribution >= 4 is 23.7 Å². The zero-order valence-electron chi connectivity index (χ0n) is 23.2. The van der Waals surface area contributed by atoms with Crippen LogP contribution in [0, 0.1) is 19.3 Å². The number of cyclic esters (lactones) is 1. The Hall–Kier alpha value is -3.72. The Balaban J connectivity index is 1.42. The van der Waals surface area contributed by atoms with Crippen LogP contribution in [0.25, 0.3) is 0 Å². The predicted molar refractivity (Wildman–Crippen MR) is 144 cm³/mol. The smallest absolute Gasteiger partial charge is 0.310 e. The van der Waals surface area contributed by atoms with Gasteiger partial charge in [0.2, 0.25) is 18.1 Å². The third kappa shape index (κ3) is 6.84. The summed E-state index contributed by atoms with van der Waals surface area (Å²) in [5.74, 6) is -1.51. The lowest BCUT2D eigenvalue weighted by Crippen LogP contribution is -2.54. The first kappa shape index (κ1) is 28.3. The fourth-order valence-electron chi connectivity index (χ4n) is 5.14. The van der Waals surface area contributed by atoms with Gasteiger partial charge in [0.15, 0.2) is 0 Å². The van der Waals surface area contributed by atoms with Gasteiger partial charge in [-0.05, 0) is 49.8 Å². The summed E-state index contributed by atoms with van der Waals surface area (Å²) >= 11 is 0. The fraction of sp³-hybridized carbons (Fsp3) is 0.467. The summed E-state index contributed by atoms with van der Waals surface area (Å²) in [7, 11) is 0. The zero-order chi connectivity index (χ0) is 28.3. The highest BCUT2D eigenvalue weighted by molar-refractivity contribution is 5.99. The Labute approximate surface area is 229 Å². The lowest BCUT2D eigenvalue weighted by molar-refractivity contribution is -0.168. The second-order valence-electron chi connectivity index (χ2n) is 11.3. The van der Waals surface area contributed by atoms with Gasteiger partial charge >= 0.3 is 5.97 Å². The largest absolute Gasteiger partial charge is 0.433 e. The Kier molecular flexibility index (Phi) is 8.39. The van der Waals surface area contributed by atoms with Crippen molar-refractivity contribution in [3.05, 3.63) is 70.8 Å². The number of amides is 3. The second kappa shape index (κ2) is 11.6. The lowest BCUT2D eigenvalue weighted by Gasteiger charge is -2.29. The first-order valence-corrected chi connectivity index (χ1v) is 13.3. The predicted octanol–water partition coefficient (Wildman–Crippen LogP) is 3.02. The summed E-state index contributed by atoms with van der Waals surface area (Å²) in [6.45, 7) is 9.95. The molecular weight excluding hydrogens is 498 g/mol. The van der Waals surface area contributed by atoms with E-state index in [9.17, 15) is 19.2 Å². The molecule has 2 aromatic rings. The van der Waals surface area contributed by atoms with Crippen LogP contribution in [0.1, 0.15) is 60.7 Å². The molecule has 9 nitrogen and oxygen atoms in total. The van der Waals surface area contributed by atoms with Crippen LogP contribution in [0.4, 0.5) is 0 Å². The molecule has 0 aromatic heterocycles. The standard InChI is InChI=1S/C30H37N3O6/c1-18-11-12-19(2)22(13-18)26(35)31-20(3)28(37)33-17-30(4,5)15-24(33)27(36)32-23-14-25(34)39-29(23)38-16-21-9-7-6-8-10-21/h6-13,20,23-24,29H,14-17H2,1-5H3,(H,31,35)(H,32,36)/t20-,23-,24-,29?/m0/s1. The topological polar surface area (TPSA) is 114 Å². The fourth-order valence-corrected chi connectivity index (χ4v) is 5.14. The highest BCUT2D eigenvalue weighted by atomic mass is 16.7. The number of nitrogens with zero attached hydrogens (tertiary/aromatic N) is 1. The molecular formula is C30H37N3O6. The maximum absolute atomic E-state index is 13.5. The maximum Gasteiger partial charge on any atom is 0.310 e. The molecule has 39 heavy (non-hydrogen) atoms. The van der Waals surface area contributed by atoms with Crippen molar-refractivity contribution < 1.29 is 28.7 Å². The molecule has 0 bridgehead atoms. The van der Waals surface area contributed by atoms with Crippen molar-refractivity contribution in [1.82, 2.24) is 15.5 Å². The van der Waals surface area contributed by atoms with E-state index in [0.29, 0.717) is 18.5 Å². The first-order chi connectivity index (χ1) is 18.4. The van der Waals surface area contributed by atoms with Crippen LogP contribution in [0.5, 0.6) is 0 Å². The normalized spacial score (nSPS) is 22.7. The van der Waals surface area contributed by atoms with E-state index in [1.807, 2.05) is 70.2 Å². The van der Waals surface area contributed by atoms with Crippen molar-refractivity contribution in [3.63, 3.8) is 0 Å². The van der Waals surface area contributed by atoms with E-state index in [2.05, 4.69) is 10.6 Å². The molecule has 1 unspecified atom stereocenters. The number of likely N-dealkylation sites (tertiary alicyclic amines) is 1. The van der Waals surface area contributed by atoms with E-state index in [-0.39, 0.29) is 36.2 Å². The molecule has 2 fully saturated rings. The number of aryl methyl sites for hydroxylation is 2. The summed E-state index contributed by atoms with van der Waals surface area (Å²) in [4.78, 5) is 53.5. The molecule has 2 aromatic carbocycles. The molecule has 9 heteroatoms. The molecule has 208 valence electrons. The molecule has 2 aliphatic heterocycles. The minimum absolute atomic E-state index is 0.0163. The molecule has 3 amide bonds. The van der Waals surface area contributed by atoms with Crippen molar-refractivity contribution in [2.75, 3.05) is 6.54 Å². The molecule has 0 spiro atoms. The Morgan fingerprint density at radius 2 is 1.85 bits per heavy atom. The maximum atomic E-state index is 13.5. The molecule has 0 radical (unpaired) electrons. The summed E-state index contributed by atoms with van der Waals surface area (Å²) in [6, 6.07) is 12.8. The van der Waals surface area contributed by atoms with Gasteiger partial charge in [0.1, 0.15) is 18.1 Å². The van der Waals surface area contributed by atoms with Gasteiger partial charge in [0, 0.05) is 12.1 Å². The summed E-state index contributed by atoms with van der Waals surface area (Å²) in [5, 5.41) is 5.69. The highest BCUT2D eigenvalue weighted by Crippen LogP contribution is 2.35. The van der Waals surface area contributed by atoms with Crippen LogP contribution in [0.2, 0.25) is 0 Å². The van der Waals surface area contributed by atoms with Gasteiger partial charge in [0.05, 0.1) is 13.0 Å². The van der Waals surface area contributed by atoms with Crippen LogP contribution in [0.3, 0.4) is 0 Å². The Morgan fingerprint density at radius 1 is 1.13 bits per heavy atom. The van der Waals surface area contributed by atoms with Crippen LogP contribution < -0.4 is 10.6 Å². The third-order valence-corrected chi connectivity index (χ3v) is 7.21. The van der Waals surface area contributed by atoms with Gasteiger partial charge in [-0.25, -0.2) is 0 Å². The van der Waals surface area contributed by atoms with Gasteiger partial charge in [-0.1, -0.05) is 61.9 Å². The first-order valence-electron chi connectivity index (χ1n) is 13.3. The van der Waals surface area contributed by atoms with Crippen molar-refractivity contribution in [2.24, 2.45) is 5.41 Å². The van der Waals surface area contributed by atoms with Crippen molar-refractivity contribution in [3.8, 4) is 0 Å². The third-order valence-electron chi connectivity index (χ3n) is 7.21. The van der Waals surface area contributed by atoms with Crippen LogP contribution in [-0.2, 0) is 30.5 Å².